The highest BCUT2D eigenvalue weighted by Crippen LogP contribution is 2.40. The van der Waals surface area contributed by atoms with Crippen LogP contribution in [0.3, 0.4) is 0 Å². The zero-order valence-electron chi connectivity index (χ0n) is 14.2. The second-order valence-corrected chi connectivity index (χ2v) is 6.87. The van der Waals surface area contributed by atoms with Crippen molar-refractivity contribution < 1.29 is 0 Å². The van der Waals surface area contributed by atoms with Gasteiger partial charge in [0, 0.05) is 18.5 Å². The van der Waals surface area contributed by atoms with Gasteiger partial charge < -0.3 is 15.5 Å². The molecule has 1 aromatic carbocycles. The van der Waals surface area contributed by atoms with Crippen molar-refractivity contribution in [1.82, 2.24) is 14.9 Å². The van der Waals surface area contributed by atoms with E-state index in [1.54, 1.807) is 0 Å². The number of para-hydroxylation sites is 1. The van der Waals surface area contributed by atoms with Crippen molar-refractivity contribution in [3.63, 3.8) is 0 Å². The monoisotopic (exact) mass is 345 g/mol. The predicted molar refractivity (Wildman–Crippen MR) is 100 cm³/mol. The molecule has 1 heterocycles. The van der Waals surface area contributed by atoms with Gasteiger partial charge in [0.15, 0.2) is 0 Å². The van der Waals surface area contributed by atoms with Crippen molar-refractivity contribution in [2.24, 2.45) is 0 Å². The van der Waals surface area contributed by atoms with Crippen LogP contribution in [0.4, 0.5) is 17.5 Å². The van der Waals surface area contributed by atoms with Gasteiger partial charge in [-0.3, -0.25) is 0 Å². The number of nitrogens with one attached hydrogen (secondary N) is 2. The van der Waals surface area contributed by atoms with Crippen LogP contribution >= 0.6 is 11.6 Å². The van der Waals surface area contributed by atoms with Gasteiger partial charge in [0.1, 0.15) is 5.82 Å². The molecule has 1 saturated carbocycles. The first-order valence-electron chi connectivity index (χ1n) is 8.41. The third kappa shape index (κ3) is 4.82. The third-order valence-electron chi connectivity index (χ3n) is 3.94. The molecule has 0 aliphatic heterocycles. The molecular formula is C18H24ClN5. The molecule has 24 heavy (non-hydrogen) atoms. The molecular weight excluding hydrogens is 322 g/mol. The van der Waals surface area contributed by atoms with Gasteiger partial charge in [-0.1, -0.05) is 23.7 Å². The first-order valence-corrected chi connectivity index (χ1v) is 8.79. The molecule has 1 aromatic heterocycles. The normalized spacial score (nSPS) is 14.0. The topological polar surface area (TPSA) is 53.1 Å². The van der Waals surface area contributed by atoms with Crippen LogP contribution in [0, 0.1) is 0 Å². The fourth-order valence-corrected chi connectivity index (χ4v) is 2.68. The Morgan fingerprint density at radius 3 is 2.71 bits per heavy atom. The maximum atomic E-state index is 6.23. The molecule has 1 fully saturated rings. The van der Waals surface area contributed by atoms with E-state index in [0.29, 0.717) is 16.9 Å². The van der Waals surface area contributed by atoms with Gasteiger partial charge in [-0.15, -0.1) is 0 Å². The quantitative estimate of drug-likeness (QED) is 0.705. The van der Waals surface area contributed by atoms with Crippen molar-refractivity contribution in [2.75, 3.05) is 37.8 Å². The van der Waals surface area contributed by atoms with Crippen molar-refractivity contribution >= 4 is 29.1 Å². The zero-order chi connectivity index (χ0) is 16.9. The Morgan fingerprint density at radius 2 is 2.00 bits per heavy atom. The number of hydrogen-bond donors (Lipinski definition) is 2. The number of rotatable bonds is 8. The smallest absolute Gasteiger partial charge is 0.224 e. The summed E-state index contributed by atoms with van der Waals surface area (Å²) in [6, 6.07) is 9.73. The first-order chi connectivity index (χ1) is 11.6. The predicted octanol–water partition coefficient (Wildman–Crippen LogP) is 4.11. The van der Waals surface area contributed by atoms with Crippen molar-refractivity contribution in [3.05, 3.63) is 41.0 Å². The average Bonchev–Trinajstić information content (AvgIpc) is 3.38. The Balaban J connectivity index is 1.72. The van der Waals surface area contributed by atoms with E-state index >= 15 is 0 Å². The lowest BCUT2D eigenvalue weighted by atomic mass is 10.2. The van der Waals surface area contributed by atoms with E-state index in [1.165, 1.54) is 12.8 Å². The van der Waals surface area contributed by atoms with Gasteiger partial charge in [0.25, 0.3) is 0 Å². The summed E-state index contributed by atoms with van der Waals surface area (Å²) in [5.41, 5.74) is 1.97. The molecule has 0 amide bonds. The van der Waals surface area contributed by atoms with Crippen molar-refractivity contribution in [2.45, 2.75) is 25.2 Å². The SMILES string of the molecule is CN(C)CCCNc1nc(Nc2ccccc2Cl)cc(C2CC2)n1. The molecule has 0 saturated heterocycles. The van der Waals surface area contributed by atoms with E-state index in [0.717, 1.165) is 36.7 Å². The minimum atomic E-state index is 0.571. The highest BCUT2D eigenvalue weighted by Gasteiger charge is 2.26. The van der Waals surface area contributed by atoms with Gasteiger partial charge in [0.05, 0.1) is 16.4 Å². The summed E-state index contributed by atoms with van der Waals surface area (Å²) >= 11 is 6.23. The van der Waals surface area contributed by atoms with Crippen LogP contribution in [-0.2, 0) is 0 Å². The van der Waals surface area contributed by atoms with E-state index in [2.05, 4.69) is 39.6 Å². The summed E-state index contributed by atoms with van der Waals surface area (Å²) in [5, 5.41) is 7.34. The van der Waals surface area contributed by atoms with Crippen LogP contribution in [0.5, 0.6) is 0 Å². The van der Waals surface area contributed by atoms with Crippen LogP contribution in [0.25, 0.3) is 0 Å². The molecule has 2 N–H and O–H groups in total. The maximum Gasteiger partial charge on any atom is 0.224 e. The number of aromatic nitrogens is 2. The molecule has 1 aliphatic carbocycles. The first kappa shape index (κ1) is 17.0. The highest BCUT2D eigenvalue weighted by atomic mass is 35.5. The second-order valence-electron chi connectivity index (χ2n) is 6.46. The van der Waals surface area contributed by atoms with Gasteiger partial charge in [-0.25, -0.2) is 4.98 Å². The van der Waals surface area contributed by atoms with E-state index in [9.17, 15) is 0 Å². The third-order valence-corrected chi connectivity index (χ3v) is 4.27. The minimum absolute atomic E-state index is 0.571. The van der Waals surface area contributed by atoms with Gasteiger partial charge in [-0.05, 0) is 52.0 Å². The van der Waals surface area contributed by atoms with Crippen LogP contribution in [0.2, 0.25) is 5.02 Å². The summed E-state index contributed by atoms with van der Waals surface area (Å²) in [6.45, 7) is 1.90. The summed E-state index contributed by atoms with van der Waals surface area (Å²) in [7, 11) is 4.16. The van der Waals surface area contributed by atoms with Crippen molar-refractivity contribution in [1.29, 1.82) is 0 Å². The number of benzene rings is 1. The largest absolute Gasteiger partial charge is 0.354 e. The molecule has 5 nitrogen and oxygen atoms in total. The minimum Gasteiger partial charge on any atom is -0.354 e. The van der Waals surface area contributed by atoms with E-state index in [-0.39, 0.29) is 0 Å². The standard InChI is InChI=1S/C18H24ClN5/c1-24(2)11-5-10-20-18-22-16(13-8-9-13)12-17(23-18)21-15-7-4-3-6-14(15)19/h3-4,6-7,12-13H,5,8-11H2,1-2H3,(H2,20,21,22,23). The lowest BCUT2D eigenvalue weighted by Crippen LogP contribution is -2.17. The number of halogens is 1. The molecule has 0 unspecified atom stereocenters. The van der Waals surface area contributed by atoms with Crippen molar-refractivity contribution in [3.8, 4) is 0 Å². The van der Waals surface area contributed by atoms with Gasteiger partial charge >= 0.3 is 0 Å². The summed E-state index contributed by atoms with van der Waals surface area (Å²) in [5.74, 6) is 2.05. The van der Waals surface area contributed by atoms with E-state index in [1.807, 2.05) is 30.3 Å². The molecule has 128 valence electrons. The summed E-state index contributed by atoms with van der Waals surface area (Å²) < 4.78 is 0. The summed E-state index contributed by atoms with van der Waals surface area (Å²) in [6.07, 6.45) is 3.47. The molecule has 0 atom stereocenters. The molecule has 2 aromatic rings. The Morgan fingerprint density at radius 1 is 1.21 bits per heavy atom. The molecule has 0 spiro atoms. The molecule has 0 bridgehead atoms. The summed E-state index contributed by atoms with van der Waals surface area (Å²) in [4.78, 5) is 11.4. The Bertz CT molecular complexity index is 685. The van der Waals surface area contributed by atoms with Gasteiger partial charge in [-0.2, -0.15) is 4.98 Å². The second kappa shape index (κ2) is 7.81. The Hall–Kier alpha value is -1.85. The lowest BCUT2D eigenvalue weighted by Gasteiger charge is -2.13. The molecule has 1 aliphatic rings. The van der Waals surface area contributed by atoms with Crippen LogP contribution in [-0.4, -0.2) is 42.1 Å². The fourth-order valence-electron chi connectivity index (χ4n) is 2.49. The molecule has 3 rings (SSSR count). The molecule has 0 radical (unpaired) electrons. The molecule has 6 heteroatoms. The number of hydrogen-bond acceptors (Lipinski definition) is 5. The Labute approximate surface area is 148 Å². The van der Waals surface area contributed by atoms with Crippen LogP contribution in [0.15, 0.2) is 30.3 Å². The Kier molecular flexibility index (Phi) is 5.53. The van der Waals surface area contributed by atoms with Crippen LogP contribution < -0.4 is 10.6 Å². The average molecular weight is 346 g/mol. The number of nitrogens with zero attached hydrogens (tertiary/aromatic N) is 3. The van der Waals surface area contributed by atoms with Crippen LogP contribution in [0.1, 0.15) is 30.9 Å². The lowest BCUT2D eigenvalue weighted by molar-refractivity contribution is 0.405. The zero-order valence-corrected chi connectivity index (χ0v) is 15.0. The van der Waals surface area contributed by atoms with Gasteiger partial charge in [0.2, 0.25) is 5.95 Å². The fraction of sp³-hybridized carbons (Fsp3) is 0.444. The van der Waals surface area contributed by atoms with E-state index < -0.39 is 0 Å². The highest BCUT2D eigenvalue weighted by molar-refractivity contribution is 6.33. The van der Waals surface area contributed by atoms with E-state index in [4.69, 9.17) is 11.6 Å². The number of anilines is 3. The maximum absolute atomic E-state index is 6.23.